The molecule has 0 bridgehead atoms. The summed E-state index contributed by atoms with van der Waals surface area (Å²) < 4.78 is 1.07. The minimum Gasteiger partial charge on any atom is -0.378 e. The second kappa shape index (κ2) is 8.00. The van der Waals surface area contributed by atoms with Crippen LogP contribution in [-0.4, -0.2) is 52.3 Å². The van der Waals surface area contributed by atoms with Crippen LogP contribution in [0.25, 0.3) is 10.2 Å². The summed E-state index contributed by atoms with van der Waals surface area (Å²) in [5.41, 5.74) is 1.89. The number of aliphatic hydroxyl groups excluding tert-OH is 1. The highest BCUT2D eigenvalue weighted by Crippen LogP contribution is 2.31. The van der Waals surface area contributed by atoms with E-state index in [1.54, 1.807) is 23.5 Å². The van der Waals surface area contributed by atoms with E-state index in [1.807, 2.05) is 23.1 Å². The molecule has 1 saturated heterocycles. The molecular weight excluding hydrogens is 400 g/mol. The monoisotopic (exact) mass is 418 g/mol. The zero-order valence-corrected chi connectivity index (χ0v) is 16.6. The van der Waals surface area contributed by atoms with Crippen molar-refractivity contribution in [2.24, 2.45) is 0 Å². The molecule has 1 aliphatic heterocycles. The van der Waals surface area contributed by atoms with Gasteiger partial charge < -0.3 is 10.0 Å². The summed E-state index contributed by atoms with van der Waals surface area (Å²) in [4.78, 5) is 19.3. The van der Waals surface area contributed by atoms with Crippen molar-refractivity contribution in [1.82, 2.24) is 9.88 Å². The van der Waals surface area contributed by atoms with E-state index >= 15 is 0 Å². The normalized spacial score (nSPS) is 16.4. The third-order valence-corrected chi connectivity index (χ3v) is 6.22. The predicted octanol–water partition coefficient (Wildman–Crippen LogP) is 3.54. The Morgan fingerprint density at radius 1 is 1.18 bits per heavy atom. The van der Waals surface area contributed by atoms with Gasteiger partial charge in [-0.2, -0.15) is 0 Å². The quantitative estimate of drug-likeness (QED) is 0.504. The van der Waals surface area contributed by atoms with Crippen LogP contribution in [0.15, 0.2) is 42.5 Å². The van der Waals surface area contributed by atoms with Crippen LogP contribution >= 0.6 is 22.9 Å². The van der Waals surface area contributed by atoms with Crippen LogP contribution in [0.4, 0.5) is 10.8 Å². The van der Waals surface area contributed by atoms with E-state index in [9.17, 15) is 15.2 Å². The number of non-ortho nitro benzene ring substituents is 1. The molecule has 2 aromatic carbocycles. The minimum absolute atomic E-state index is 0.0592. The third kappa shape index (κ3) is 4.10. The number of nitrogens with zero attached hydrogens (tertiary/aromatic N) is 4. The second-order valence-electron chi connectivity index (χ2n) is 6.74. The summed E-state index contributed by atoms with van der Waals surface area (Å²) in [6, 6.07) is 12.1. The number of aliphatic hydroxyl groups is 1. The number of halogens is 1. The number of rotatable bonds is 5. The highest BCUT2D eigenvalue weighted by Gasteiger charge is 2.24. The molecule has 3 aromatic rings. The van der Waals surface area contributed by atoms with Crippen LogP contribution in [0.3, 0.4) is 0 Å². The van der Waals surface area contributed by atoms with Crippen molar-refractivity contribution in [3.05, 3.63) is 63.2 Å². The maximum absolute atomic E-state index is 10.7. The van der Waals surface area contributed by atoms with Gasteiger partial charge in [-0.1, -0.05) is 35.1 Å². The van der Waals surface area contributed by atoms with Gasteiger partial charge in [-0.05, 0) is 23.8 Å². The summed E-state index contributed by atoms with van der Waals surface area (Å²) in [5, 5.41) is 23.0. The maximum atomic E-state index is 10.7. The third-order valence-electron chi connectivity index (χ3n) is 4.91. The van der Waals surface area contributed by atoms with Crippen LogP contribution in [0.1, 0.15) is 5.56 Å². The zero-order chi connectivity index (χ0) is 19.7. The van der Waals surface area contributed by atoms with Gasteiger partial charge in [-0.25, -0.2) is 4.98 Å². The van der Waals surface area contributed by atoms with Crippen LogP contribution < -0.4 is 4.90 Å². The molecule has 1 atom stereocenters. The fourth-order valence-electron chi connectivity index (χ4n) is 3.33. The number of fused-ring (bicyclic) bond motifs is 1. The van der Waals surface area contributed by atoms with Crippen LogP contribution in [0.2, 0.25) is 5.02 Å². The Bertz CT molecular complexity index is 987. The lowest BCUT2D eigenvalue weighted by atomic mass is 10.1. The number of benzene rings is 2. The van der Waals surface area contributed by atoms with E-state index in [-0.39, 0.29) is 5.69 Å². The van der Waals surface area contributed by atoms with Gasteiger partial charge in [0.15, 0.2) is 5.13 Å². The lowest BCUT2D eigenvalue weighted by molar-refractivity contribution is -0.384. The summed E-state index contributed by atoms with van der Waals surface area (Å²) in [6.07, 6.45) is -0.171. The Morgan fingerprint density at radius 2 is 1.89 bits per heavy atom. The molecule has 146 valence electrons. The number of nitro benzene ring substituents is 1. The fraction of sp³-hybridized carbons (Fsp3) is 0.316. The SMILES string of the molecule is O=[N+]([O-])c1ccc(C[C@H](O)N2CCN(c3nc4ccc(Cl)cc4s3)CC2)cc1. The van der Waals surface area contributed by atoms with Gasteiger partial charge in [0.05, 0.1) is 15.1 Å². The average Bonchev–Trinajstić information content (AvgIpc) is 3.11. The number of hydrogen-bond donors (Lipinski definition) is 1. The number of anilines is 1. The van der Waals surface area contributed by atoms with Gasteiger partial charge in [0.1, 0.15) is 6.23 Å². The molecule has 1 aromatic heterocycles. The number of hydrogen-bond acceptors (Lipinski definition) is 7. The van der Waals surface area contributed by atoms with Crippen molar-refractivity contribution in [1.29, 1.82) is 0 Å². The summed E-state index contributed by atoms with van der Waals surface area (Å²) in [7, 11) is 0. The lowest BCUT2D eigenvalue weighted by Gasteiger charge is -2.37. The molecule has 0 unspecified atom stereocenters. The number of piperazine rings is 1. The molecule has 4 rings (SSSR count). The molecule has 28 heavy (non-hydrogen) atoms. The highest BCUT2D eigenvalue weighted by molar-refractivity contribution is 7.22. The Kier molecular flexibility index (Phi) is 5.45. The van der Waals surface area contributed by atoms with Gasteiger partial charge in [0.2, 0.25) is 0 Å². The minimum atomic E-state index is -0.613. The Balaban J connectivity index is 1.35. The summed E-state index contributed by atoms with van der Waals surface area (Å²) in [5.74, 6) is 0. The Morgan fingerprint density at radius 3 is 2.57 bits per heavy atom. The van der Waals surface area contributed by atoms with Crippen molar-refractivity contribution >= 4 is 44.0 Å². The first-order chi connectivity index (χ1) is 13.5. The van der Waals surface area contributed by atoms with Gasteiger partial charge in [0.25, 0.3) is 5.69 Å². The Labute approximate surface area is 170 Å². The topological polar surface area (TPSA) is 82.7 Å². The molecule has 7 nitrogen and oxygen atoms in total. The number of nitro groups is 1. The first-order valence-electron chi connectivity index (χ1n) is 8.96. The molecule has 2 heterocycles. The van der Waals surface area contributed by atoms with E-state index in [0.29, 0.717) is 11.4 Å². The molecular formula is C19H19ClN4O3S. The lowest BCUT2D eigenvalue weighted by Crippen LogP contribution is -2.51. The van der Waals surface area contributed by atoms with Crippen molar-refractivity contribution in [2.75, 3.05) is 31.1 Å². The molecule has 0 spiro atoms. The van der Waals surface area contributed by atoms with E-state index in [0.717, 1.165) is 47.1 Å². The van der Waals surface area contributed by atoms with Crippen LogP contribution in [0.5, 0.6) is 0 Å². The van der Waals surface area contributed by atoms with E-state index in [1.165, 1.54) is 12.1 Å². The largest absolute Gasteiger partial charge is 0.378 e. The molecule has 0 radical (unpaired) electrons. The highest BCUT2D eigenvalue weighted by atomic mass is 35.5. The van der Waals surface area contributed by atoms with Crippen LogP contribution in [0, 0.1) is 10.1 Å². The number of aromatic nitrogens is 1. The van der Waals surface area contributed by atoms with Gasteiger partial charge in [-0.15, -0.1) is 0 Å². The summed E-state index contributed by atoms with van der Waals surface area (Å²) in [6.45, 7) is 3.02. The average molecular weight is 419 g/mol. The van der Waals surface area contributed by atoms with E-state index in [2.05, 4.69) is 9.88 Å². The molecule has 1 fully saturated rings. The van der Waals surface area contributed by atoms with E-state index in [4.69, 9.17) is 11.6 Å². The van der Waals surface area contributed by atoms with E-state index < -0.39 is 11.2 Å². The maximum Gasteiger partial charge on any atom is 0.269 e. The second-order valence-corrected chi connectivity index (χ2v) is 8.19. The van der Waals surface area contributed by atoms with Crippen LogP contribution in [-0.2, 0) is 6.42 Å². The Hall–Kier alpha value is -2.26. The fourth-order valence-corrected chi connectivity index (χ4v) is 4.62. The smallest absolute Gasteiger partial charge is 0.269 e. The molecule has 9 heteroatoms. The van der Waals surface area contributed by atoms with Gasteiger partial charge in [-0.3, -0.25) is 15.0 Å². The van der Waals surface area contributed by atoms with Gasteiger partial charge >= 0.3 is 0 Å². The molecule has 0 saturated carbocycles. The van der Waals surface area contributed by atoms with Crippen molar-refractivity contribution in [2.45, 2.75) is 12.6 Å². The molecule has 0 amide bonds. The molecule has 1 N–H and O–H groups in total. The van der Waals surface area contributed by atoms with Crippen molar-refractivity contribution < 1.29 is 10.0 Å². The standard InChI is InChI=1S/C19H19ClN4O3S/c20-14-3-6-16-17(12-14)28-19(21-16)23-9-7-22(8-10-23)18(25)11-13-1-4-15(5-2-13)24(26)27/h1-6,12,18,25H,7-11H2/t18-/m0/s1. The first-order valence-corrected chi connectivity index (χ1v) is 10.2. The van der Waals surface area contributed by atoms with Gasteiger partial charge in [0, 0.05) is 49.8 Å². The predicted molar refractivity (Wildman–Crippen MR) is 111 cm³/mol. The van der Waals surface area contributed by atoms with Crippen molar-refractivity contribution in [3.63, 3.8) is 0 Å². The number of thiazole rings is 1. The zero-order valence-electron chi connectivity index (χ0n) is 15.0. The molecule has 0 aliphatic carbocycles. The van der Waals surface area contributed by atoms with Crippen molar-refractivity contribution in [3.8, 4) is 0 Å². The first kappa shape index (κ1) is 19.1. The summed E-state index contributed by atoms with van der Waals surface area (Å²) >= 11 is 7.68. The molecule has 1 aliphatic rings.